The van der Waals surface area contributed by atoms with Crippen LogP contribution in [-0.2, 0) is 10.0 Å². The molecule has 1 heterocycles. The molecule has 0 fully saturated rings. The summed E-state index contributed by atoms with van der Waals surface area (Å²) in [5.74, 6) is -0.918. The number of sulfonamides is 1. The molecule has 1 aromatic heterocycles. The fourth-order valence-corrected chi connectivity index (χ4v) is 2.99. The van der Waals surface area contributed by atoms with Crippen molar-refractivity contribution < 1.29 is 12.8 Å². The maximum Gasteiger partial charge on any atom is 0.282 e. The predicted molar refractivity (Wildman–Crippen MR) is 80.8 cm³/mol. The van der Waals surface area contributed by atoms with E-state index in [0.717, 1.165) is 6.07 Å². The molecule has 0 bridgehead atoms. The molecular weight excluding hydrogens is 317 g/mol. The van der Waals surface area contributed by atoms with Crippen LogP contribution in [-0.4, -0.2) is 27.5 Å². The summed E-state index contributed by atoms with van der Waals surface area (Å²) in [7, 11) is -0.633. The highest BCUT2D eigenvalue weighted by Gasteiger charge is 2.22. The van der Waals surface area contributed by atoms with Crippen molar-refractivity contribution in [3.63, 3.8) is 0 Å². The van der Waals surface area contributed by atoms with Gasteiger partial charge in [0.1, 0.15) is 0 Å². The van der Waals surface area contributed by atoms with E-state index in [1.54, 1.807) is 31.1 Å². The predicted octanol–water partition coefficient (Wildman–Crippen LogP) is 2.74. The molecule has 0 saturated carbocycles. The third kappa shape index (κ3) is 3.43. The van der Waals surface area contributed by atoms with E-state index in [1.165, 1.54) is 18.3 Å². The molecule has 1 aromatic carbocycles. The van der Waals surface area contributed by atoms with Crippen LogP contribution in [0.15, 0.2) is 41.6 Å². The number of halogens is 2. The molecule has 0 aliphatic heterocycles. The van der Waals surface area contributed by atoms with Gasteiger partial charge in [-0.05, 0) is 30.3 Å². The molecule has 1 N–H and O–H groups in total. The van der Waals surface area contributed by atoms with E-state index in [-0.39, 0.29) is 5.69 Å². The summed E-state index contributed by atoms with van der Waals surface area (Å²) in [6, 6.07) is 7.10. The first kappa shape index (κ1) is 15.5. The minimum absolute atomic E-state index is 0.248. The molecule has 5 nitrogen and oxygen atoms in total. The Bertz CT molecular complexity index is 766. The second-order valence-electron chi connectivity index (χ2n) is 4.45. The number of nitrogens with one attached hydrogen (secondary N) is 1. The minimum atomic E-state index is -4.14. The molecule has 2 rings (SSSR count). The van der Waals surface area contributed by atoms with Crippen molar-refractivity contribution in [2.24, 2.45) is 0 Å². The molecule has 2 aromatic rings. The quantitative estimate of drug-likeness (QED) is 0.937. The molecule has 0 unspecified atom stereocenters. The first-order chi connectivity index (χ1) is 9.81. The molecule has 21 heavy (non-hydrogen) atoms. The third-order valence-corrected chi connectivity index (χ3v) is 4.20. The summed E-state index contributed by atoms with van der Waals surface area (Å²) < 4.78 is 40.4. The van der Waals surface area contributed by atoms with E-state index >= 15 is 0 Å². The zero-order valence-electron chi connectivity index (χ0n) is 11.3. The first-order valence-corrected chi connectivity index (χ1v) is 7.77. The standard InChI is InChI=1S/C13H13ClFN3O2S/c1-18(2)12-6-5-9(14)8-11(12)17-21(19,20)13-10(15)4-3-7-16-13/h3-8,17H,1-2H3. The maximum atomic E-state index is 13.6. The molecule has 0 aliphatic rings. The summed E-state index contributed by atoms with van der Waals surface area (Å²) in [6.07, 6.45) is 1.21. The highest BCUT2D eigenvalue weighted by Crippen LogP contribution is 2.29. The van der Waals surface area contributed by atoms with Crippen molar-refractivity contribution in [2.75, 3.05) is 23.7 Å². The molecular formula is C13H13ClFN3O2S. The van der Waals surface area contributed by atoms with Crippen LogP contribution in [0, 0.1) is 5.82 Å². The van der Waals surface area contributed by atoms with Crippen LogP contribution in [0.3, 0.4) is 0 Å². The lowest BCUT2D eigenvalue weighted by atomic mass is 10.2. The largest absolute Gasteiger partial charge is 0.376 e. The van der Waals surface area contributed by atoms with Gasteiger partial charge in [-0.15, -0.1) is 0 Å². The van der Waals surface area contributed by atoms with E-state index in [9.17, 15) is 12.8 Å². The van der Waals surface area contributed by atoms with E-state index in [0.29, 0.717) is 10.7 Å². The topological polar surface area (TPSA) is 62.3 Å². The Balaban J connectivity index is 2.47. The van der Waals surface area contributed by atoms with Crippen molar-refractivity contribution in [3.8, 4) is 0 Å². The highest BCUT2D eigenvalue weighted by molar-refractivity contribution is 7.92. The number of benzene rings is 1. The van der Waals surface area contributed by atoms with Gasteiger partial charge in [0, 0.05) is 25.3 Å². The average Bonchev–Trinajstić information content (AvgIpc) is 2.38. The van der Waals surface area contributed by atoms with Gasteiger partial charge < -0.3 is 4.90 Å². The lowest BCUT2D eigenvalue weighted by molar-refractivity contribution is 0.557. The zero-order chi connectivity index (χ0) is 15.6. The number of hydrogen-bond acceptors (Lipinski definition) is 4. The number of anilines is 2. The van der Waals surface area contributed by atoms with Gasteiger partial charge in [-0.3, -0.25) is 4.72 Å². The molecule has 0 saturated heterocycles. The van der Waals surface area contributed by atoms with Crippen LogP contribution in [0.1, 0.15) is 0 Å². The van der Waals surface area contributed by atoms with Gasteiger partial charge in [0.25, 0.3) is 10.0 Å². The van der Waals surface area contributed by atoms with Crippen LogP contribution < -0.4 is 9.62 Å². The minimum Gasteiger partial charge on any atom is -0.376 e. The monoisotopic (exact) mass is 329 g/mol. The summed E-state index contributed by atoms with van der Waals surface area (Å²) in [6.45, 7) is 0. The molecule has 112 valence electrons. The van der Waals surface area contributed by atoms with Gasteiger partial charge in [0.05, 0.1) is 11.4 Å². The van der Waals surface area contributed by atoms with E-state index in [1.807, 2.05) is 0 Å². The second-order valence-corrected chi connectivity index (χ2v) is 6.49. The number of rotatable bonds is 4. The lowest BCUT2D eigenvalue weighted by Gasteiger charge is -2.18. The van der Waals surface area contributed by atoms with Crippen molar-refractivity contribution in [1.29, 1.82) is 0 Å². The van der Waals surface area contributed by atoms with Crippen LogP contribution in [0.4, 0.5) is 15.8 Å². The van der Waals surface area contributed by atoms with Crippen molar-refractivity contribution >= 4 is 33.0 Å². The van der Waals surface area contributed by atoms with Crippen LogP contribution in [0.2, 0.25) is 5.02 Å². The molecule has 0 aliphatic carbocycles. The third-order valence-electron chi connectivity index (χ3n) is 2.66. The maximum absolute atomic E-state index is 13.6. The highest BCUT2D eigenvalue weighted by atomic mass is 35.5. The van der Waals surface area contributed by atoms with Gasteiger partial charge in [0.2, 0.25) is 5.03 Å². The SMILES string of the molecule is CN(C)c1ccc(Cl)cc1NS(=O)(=O)c1ncccc1F. The molecule has 8 heteroatoms. The van der Waals surface area contributed by atoms with Gasteiger partial charge in [-0.1, -0.05) is 11.6 Å². The molecule has 0 spiro atoms. The van der Waals surface area contributed by atoms with Gasteiger partial charge in [-0.25, -0.2) is 9.37 Å². The van der Waals surface area contributed by atoms with Gasteiger partial charge in [-0.2, -0.15) is 8.42 Å². The number of nitrogens with zero attached hydrogens (tertiary/aromatic N) is 2. The summed E-state index contributed by atoms with van der Waals surface area (Å²) >= 11 is 5.88. The van der Waals surface area contributed by atoms with Crippen LogP contribution in [0.25, 0.3) is 0 Å². The van der Waals surface area contributed by atoms with Crippen molar-refractivity contribution in [1.82, 2.24) is 4.98 Å². The van der Waals surface area contributed by atoms with Crippen molar-refractivity contribution in [3.05, 3.63) is 47.4 Å². The van der Waals surface area contributed by atoms with Crippen LogP contribution in [0.5, 0.6) is 0 Å². The summed E-state index contributed by atoms with van der Waals surface area (Å²) in [5.41, 5.74) is 0.844. The lowest BCUT2D eigenvalue weighted by Crippen LogP contribution is -2.19. The van der Waals surface area contributed by atoms with Gasteiger partial charge in [0.15, 0.2) is 5.82 Å². The fraction of sp³-hybridized carbons (Fsp3) is 0.154. The smallest absolute Gasteiger partial charge is 0.282 e. The Hall–Kier alpha value is -1.86. The second kappa shape index (κ2) is 5.87. The van der Waals surface area contributed by atoms with Crippen molar-refractivity contribution in [2.45, 2.75) is 5.03 Å². The molecule has 0 amide bonds. The Morgan fingerprint density at radius 2 is 2.00 bits per heavy atom. The normalized spacial score (nSPS) is 11.2. The molecule has 0 atom stereocenters. The van der Waals surface area contributed by atoms with E-state index in [4.69, 9.17) is 11.6 Å². The number of aromatic nitrogens is 1. The Morgan fingerprint density at radius 3 is 2.62 bits per heavy atom. The Kier molecular flexibility index (Phi) is 4.34. The van der Waals surface area contributed by atoms with E-state index < -0.39 is 20.9 Å². The number of hydrogen-bond donors (Lipinski definition) is 1. The van der Waals surface area contributed by atoms with Gasteiger partial charge >= 0.3 is 0 Å². The molecule has 0 radical (unpaired) electrons. The van der Waals surface area contributed by atoms with E-state index in [2.05, 4.69) is 9.71 Å². The average molecular weight is 330 g/mol. The summed E-state index contributed by atoms with van der Waals surface area (Å²) in [4.78, 5) is 5.28. The van der Waals surface area contributed by atoms with Crippen LogP contribution >= 0.6 is 11.6 Å². The Labute approximate surface area is 127 Å². The zero-order valence-corrected chi connectivity index (χ0v) is 12.9. The summed E-state index contributed by atoms with van der Waals surface area (Å²) in [5, 5.41) is -0.297. The fourth-order valence-electron chi connectivity index (χ4n) is 1.74. The first-order valence-electron chi connectivity index (χ1n) is 5.91. The number of pyridine rings is 1. The Morgan fingerprint density at radius 1 is 1.29 bits per heavy atom.